The van der Waals surface area contributed by atoms with Gasteiger partial charge >= 0.3 is 6.18 Å². The van der Waals surface area contributed by atoms with Gasteiger partial charge in [-0.1, -0.05) is 6.92 Å². The summed E-state index contributed by atoms with van der Waals surface area (Å²) in [6.07, 6.45) is -3.68. The van der Waals surface area contributed by atoms with Gasteiger partial charge in [0.2, 0.25) is 0 Å². The molecule has 1 aromatic carbocycles. The second kappa shape index (κ2) is 4.95. The van der Waals surface area contributed by atoms with Crippen molar-refractivity contribution in [2.24, 2.45) is 0 Å². The van der Waals surface area contributed by atoms with Crippen LogP contribution in [-0.4, -0.2) is 17.3 Å². The van der Waals surface area contributed by atoms with Crippen LogP contribution in [0.15, 0.2) is 24.3 Å². The molecule has 3 nitrogen and oxygen atoms in total. The number of halogens is 3. The highest BCUT2D eigenvalue weighted by atomic mass is 19.4. The third kappa shape index (κ3) is 2.72. The van der Waals surface area contributed by atoms with Crippen LogP contribution in [0.2, 0.25) is 0 Å². The monoisotopic (exact) mass is 270 g/mol. The number of nitrogens with one attached hydrogen (secondary N) is 1. The van der Waals surface area contributed by atoms with Crippen molar-refractivity contribution in [3.63, 3.8) is 0 Å². The van der Waals surface area contributed by atoms with Crippen molar-refractivity contribution >= 4 is 0 Å². The molecule has 102 valence electrons. The van der Waals surface area contributed by atoms with Gasteiger partial charge in [0.1, 0.15) is 11.4 Å². The van der Waals surface area contributed by atoms with E-state index in [0.29, 0.717) is 5.56 Å². The predicted molar refractivity (Wildman–Crippen MR) is 65.0 cm³/mol. The zero-order chi connectivity index (χ0) is 14.0. The Morgan fingerprint density at radius 2 is 2.00 bits per heavy atom. The van der Waals surface area contributed by atoms with E-state index in [-0.39, 0.29) is 5.69 Å². The van der Waals surface area contributed by atoms with Gasteiger partial charge in [0, 0.05) is 5.56 Å². The van der Waals surface area contributed by atoms with Crippen molar-refractivity contribution < 1.29 is 17.9 Å². The van der Waals surface area contributed by atoms with E-state index in [2.05, 4.69) is 5.10 Å². The van der Waals surface area contributed by atoms with Crippen molar-refractivity contribution in [2.45, 2.75) is 19.5 Å². The summed E-state index contributed by atoms with van der Waals surface area (Å²) in [6, 6.07) is 6.21. The Balaban J connectivity index is 2.39. The van der Waals surface area contributed by atoms with Crippen LogP contribution in [0.5, 0.6) is 5.75 Å². The zero-order valence-corrected chi connectivity index (χ0v) is 10.5. The molecule has 1 N–H and O–H groups in total. The maximum absolute atomic E-state index is 12.5. The van der Waals surface area contributed by atoms with E-state index in [9.17, 15) is 13.2 Å². The summed E-state index contributed by atoms with van der Waals surface area (Å²) in [5.41, 5.74) is 0.974. The Morgan fingerprint density at radius 1 is 1.26 bits per heavy atom. The minimum absolute atomic E-state index is 0.268. The summed E-state index contributed by atoms with van der Waals surface area (Å²) in [6.45, 7) is 1.95. The summed E-state index contributed by atoms with van der Waals surface area (Å²) in [5.74, 6) is 0.720. The number of aromatic amines is 1. The number of aryl methyl sites for hydroxylation is 1. The van der Waals surface area contributed by atoms with Crippen LogP contribution < -0.4 is 4.74 Å². The van der Waals surface area contributed by atoms with Gasteiger partial charge in [0.15, 0.2) is 0 Å². The number of benzene rings is 1. The van der Waals surface area contributed by atoms with Crippen LogP contribution in [0.4, 0.5) is 13.2 Å². The maximum atomic E-state index is 12.5. The predicted octanol–water partition coefficient (Wildman–Crippen LogP) is 3.67. The molecule has 0 unspecified atom stereocenters. The fraction of sp³-hybridized carbons (Fsp3) is 0.308. The lowest BCUT2D eigenvalue weighted by molar-refractivity contribution is -0.141. The number of hydrogen-bond acceptors (Lipinski definition) is 2. The molecule has 2 aromatic rings. The van der Waals surface area contributed by atoms with Gasteiger partial charge < -0.3 is 4.74 Å². The van der Waals surface area contributed by atoms with E-state index >= 15 is 0 Å². The second-order valence-electron chi connectivity index (χ2n) is 4.04. The van der Waals surface area contributed by atoms with E-state index in [1.165, 1.54) is 0 Å². The molecule has 0 aliphatic carbocycles. The van der Waals surface area contributed by atoms with E-state index in [1.54, 1.807) is 25.3 Å². The Kier molecular flexibility index (Phi) is 3.50. The molecule has 2 rings (SSSR count). The van der Waals surface area contributed by atoms with Gasteiger partial charge in [-0.2, -0.15) is 18.3 Å². The van der Waals surface area contributed by atoms with Gasteiger partial charge in [0.05, 0.1) is 12.8 Å². The van der Waals surface area contributed by atoms with Gasteiger partial charge in [-0.15, -0.1) is 0 Å². The first-order valence-electron chi connectivity index (χ1n) is 5.75. The lowest BCUT2D eigenvalue weighted by Crippen LogP contribution is -2.04. The molecule has 1 aromatic heterocycles. The molecule has 0 aliphatic rings. The van der Waals surface area contributed by atoms with Gasteiger partial charge in [-0.3, -0.25) is 5.10 Å². The lowest BCUT2D eigenvalue weighted by atomic mass is 10.1. The van der Waals surface area contributed by atoms with E-state index < -0.39 is 11.9 Å². The molecule has 19 heavy (non-hydrogen) atoms. The van der Waals surface area contributed by atoms with Crippen LogP contribution in [0.3, 0.4) is 0 Å². The molecule has 1 heterocycles. The highest BCUT2D eigenvalue weighted by Crippen LogP contribution is 2.31. The fourth-order valence-corrected chi connectivity index (χ4v) is 1.83. The van der Waals surface area contributed by atoms with Crippen LogP contribution in [0.1, 0.15) is 18.2 Å². The molecular weight excluding hydrogens is 257 g/mol. The molecule has 0 bridgehead atoms. The van der Waals surface area contributed by atoms with Crippen LogP contribution in [0, 0.1) is 0 Å². The summed E-state index contributed by atoms with van der Waals surface area (Å²) in [4.78, 5) is 0. The highest BCUT2D eigenvalue weighted by Gasteiger charge is 2.33. The fourth-order valence-electron chi connectivity index (χ4n) is 1.83. The quantitative estimate of drug-likeness (QED) is 0.924. The van der Waals surface area contributed by atoms with Crippen LogP contribution >= 0.6 is 0 Å². The Morgan fingerprint density at radius 3 is 2.53 bits per heavy atom. The normalized spacial score (nSPS) is 11.6. The van der Waals surface area contributed by atoms with Gasteiger partial charge in [-0.25, -0.2) is 0 Å². The molecule has 0 saturated carbocycles. The molecule has 0 spiro atoms. The summed E-state index contributed by atoms with van der Waals surface area (Å²) < 4.78 is 42.6. The molecule has 0 amide bonds. The Labute approximate surface area is 108 Å². The van der Waals surface area contributed by atoms with Gasteiger partial charge in [0.25, 0.3) is 0 Å². The largest absolute Gasteiger partial charge is 0.496 e. The number of aromatic nitrogens is 2. The number of rotatable bonds is 3. The van der Waals surface area contributed by atoms with E-state index in [0.717, 1.165) is 23.8 Å². The number of methoxy groups -OCH3 is 1. The second-order valence-corrected chi connectivity index (χ2v) is 4.04. The minimum Gasteiger partial charge on any atom is -0.496 e. The smallest absolute Gasteiger partial charge is 0.432 e. The Bertz CT molecular complexity index is 576. The zero-order valence-electron chi connectivity index (χ0n) is 10.5. The molecule has 0 atom stereocenters. The van der Waals surface area contributed by atoms with E-state index in [1.807, 2.05) is 12.0 Å². The average molecular weight is 270 g/mol. The first-order valence-corrected chi connectivity index (χ1v) is 5.75. The number of nitrogens with zero attached hydrogens (tertiary/aromatic N) is 1. The SMILES string of the molecule is CCc1cc(-c2cc(C(F)(F)F)[nH]n2)ccc1OC. The molecule has 0 aliphatic heterocycles. The van der Waals surface area contributed by atoms with E-state index in [4.69, 9.17) is 4.74 Å². The standard InChI is InChI=1S/C13H13F3N2O/c1-3-8-6-9(4-5-11(8)19-2)10-7-12(18-17-10)13(14,15)16/h4-7H,3H2,1-2H3,(H,17,18). The third-order valence-corrected chi connectivity index (χ3v) is 2.84. The first-order chi connectivity index (χ1) is 8.95. The molecule has 0 fully saturated rings. The summed E-state index contributed by atoms with van der Waals surface area (Å²) in [5, 5.41) is 5.70. The molecule has 0 saturated heterocycles. The van der Waals surface area contributed by atoms with Crippen molar-refractivity contribution in [1.82, 2.24) is 10.2 Å². The van der Waals surface area contributed by atoms with Gasteiger partial charge in [-0.05, 0) is 36.2 Å². The number of H-pyrrole nitrogens is 1. The van der Waals surface area contributed by atoms with Crippen molar-refractivity contribution in [1.29, 1.82) is 0 Å². The topological polar surface area (TPSA) is 37.9 Å². The number of hydrogen-bond donors (Lipinski definition) is 1. The number of alkyl halides is 3. The lowest BCUT2D eigenvalue weighted by Gasteiger charge is -2.07. The van der Waals surface area contributed by atoms with Crippen molar-refractivity contribution in [3.05, 3.63) is 35.5 Å². The van der Waals surface area contributed by atoms with Crippen molar-refractivity contribution in [3.8, 4) is 17.0 Å². The van der Waals surface area contributed by atoms with Crippen LogP contribution in [-0.2, 0) is 12.6 Å². The molecule has 6 heteroatoms. The Hall–Kier alpha value is -1.98. The minimum atomic E-state index is -4.41. The molecular formula is C13H13F3N2O. The maximum Gasteiger partial charge on any atom is 0.432 e. The highest BCUT2D eigenvalue weighted by molar-refractivity contribution is 5.62. The number of ether oxygens (including phenoxy) is 1. The van der Waals surface area contributed by atoms with Crippen molar-refractivity contribution in [2.75, 3.05) is 7.11 Å². The average Bonchev–Trinajstić information content (AvgIpc) is 2.87. The first kappa shape index (κ1) is 13.5. The summed E-state index contributed by atoms with van der Waals surface area (Å²) >= 11 is 0. The third-order valence-electron chi connectivity index (χ3n) is 2.84. The molecule has 0 radical (unpaired) electrons. The summed E-state index contributed by atoms with van der Waals surface area (Å²) in [7, 11) is 1.56. The van der Waals surface area contributed by atoms with Crippen LogP contribution in [0.25, 0.3) is 11.3 Å².